The molecule has 0 bridgehead atoms. The van der Waals surface area contributed by atoms with E-state index in [1.807, 2.05) is 13.0 Å². The number of nitrogens with zero attached hydrogens (tertiary/aromatic N) is 1. The van der Waals surface area contributed by atoms with Crippen LogP contribution in [0.2, 0.25) is 0 Å². The number of fused-ring (bicyclic) bond motifs is 1. The second-order valence-electron chi connectivity index (χ2n) is 6.35. The van der Waals surface area contributed by atoms with Crippen LogP contribution in [0.3, 0.4) is 0 Å². The molecule has 1 amide bonds. The van der Waals surface area contributed by atoms with Gasteiger partial charge in [0.05, 0.1) is 11.0 Å². The van der Waals surface area contributed by atoms with E-state index in [0.717, 1.165) is 30.5 Å². The molecule has 0 fully saturated rings. The van der Waals surface area contributed by atoms with E-state index in [-0.39, 0.29) is 11.6 Å². The van der Waals surface area contributed by atoms with Crippen molar-refractivity contribution in [2.45, 2.75) is 38.6 Å². The van der Waals surface area contributed by atoms with Gasteiger partial charge in [0, 0.05) is 11.6 Å². The summed E-state index contributed by atoms with van der Waals surface area (Å²) in [5.41, 5.74) is 3.04. The molecule has 0 heterocycles. The minimum absolute atomic E-state index is 0.0675. The first-order valence-corrected chi connectivity index (χ1v) is 8.32. The fraction of sp³-hybridized carbons (Fsp3) is 0.316. The number of aryl methyl sites for hydroxylation is 2. The molecular weight excluding hydrogens is 323 g/mol. The average Bonchev–Trinajstić information content (AvgIpc) is 2.61. The number of carbonyl (C=O) groups is 1. The Kier molecular flexibility index (Phi) is 4.79. The van der Waals surface area contributed by atoms with Crippen molar-refractivity contribution in [3.05, 3.63) is 74.6 Å². The second-order valence-corrected chi connectivity index (χ2v) is 6.35. The van der Waals surface area contributed by atoms with Crippen molar-refractivity contribution in [2.24, 2.45) is 0 Å². The van der Waals surface area contributed by atoms with Gasteiger partial charge in [-0.05, 0) is 61.4 Å². The van der Waals surface area contributed by atoms with E-state index in [9.17, 15) is 19.3 Å². The molecule has 2 aromatic rings. The zero-order chi connectivity index (χ0) is 18.0. The summed E-state index contributed by atoms with van der Waals surface area (Å²) in [5.74, 6) is -1.42. The van der Waals surface area contributed by atoms with Gasteiger partial charge in [0.1, 0.15) is 0 Å². The monoisotopic (exact) mass is 342 g/mol. The van der Waals surface area contributed by atoms with Gasteiger partial charge in [0.15, 0.2) is 0 Å². The van der Waals surface area contributed by atoms with Crippen molar-refractivity contribution >= 4 is 11.6 Å². The third-order valence-corrected chi connectivity index (χ3v) is 4.63. The molecule has 0 aliphatic heterocycles. The molecule has 2 aromatic carbocycles. The van der Waals surface area contributed by atoms with Crippen molar-refractivity contribution in [3.63, 3.8) is 0 Å². The van der Waals surface area contributed by atoms with E-state index in [1.54, 1.807) is 0 Å². The third kappa shape index (κ3) is 3.68. The van der Waals surface area contributed by atoms with Crippen LogP contribution in [-0.2, 0) is 12.8 Å². The summed E-state index contributed by atoms with van der Waals surface area (Å²) in [7, 11) is 0. The molecule has 0 spiro atoms. The molecule has 3 rings (SSSR count). The van der Waals surface area contributed by atoms with E-state index >= 15 is 0 Å². The van der Waals surface area contributed by atoms with E-state index in [1.165, 1.54) is 30.0 Å². The van der Waals surface area contributed by atoms with Crippen LogP contribution in [-0.4, -0.2) is 10.8 Å². The van der Waals surface area contributed by atoms with Crippen LogP contribution in [0.15, 0.2) is 36.4 Å². The Labute approximate surface area is 145 Å². The van der Waals surface area contributed by atoms with Gasteiger partial charge in [-0.2, -0.15) is 4.39 Å². The zero-order valence-electron chi connectivity index (χ0n) is 13.9. The Morgan fingerprint density at radius 3 is 2.60 bits per heavy atom. The first-order valence-electron chi connectivity index (χ1n) is 8.32. The molecule has 0 saturated heterocycles. The maximum Gasteiger partial charge on any atom is 0.305 e. The minimum atomic E-state index is -0.954. The summed E-state index contributed by atoms with van der Waals surface area (Å²) in [4.78, 5) is 22.3. The molecule has 0 unspecified atom stereocenters. The first kappa shape index (κ1) is 17.1. The summed E-state index contributed by atoms with van der Waals surface area (Å²) >= 11 is 0. The van der Waals surface area contributed by atoms with Crippen molar-refractivity contribution in [2.75, 3.05) is 0 Å². The topological polar surface area (TPSA) is 72.2 Å². The second kappa shape index (κ2) is 7.01. The number of halogens is 1. The number of nitro groups is 1. The molecule has 25 heavy (non-hydrogen) atoms. The van der Waals surface area contributed by atoms with E-state index in [2.05, 4.69) is 17.4 Å². The summed E-state index contributed by atoms with van der Waals surface area (Å²) in [6.45, 7) is 1.86. The quantitative estimate of drug-likeness (QED) is 0.671. The van der Waals surface area contributed by atoms with Crippen molar-refractivity contribution < 1.29 is 14.1 Å². The summed E-state index contributed by atoms with van der Waals surface area (Å²) < 4.78 is 13.4. The van der Waals surface area contributed by atoms with Gasteiger partial charge in [-0.15, -0.1) is 0 Å². The summed E-state index contributed by atoms with van der Waals surface area (Å²) in [5, 5.41) is 13.6. The lowest BCUT2D eigenvalue weighted by molar-refractivity contribution is -0.387. The van der Waals surface area contributed by atoms with Gasteiger partial charge in [0.25, 0.3) is 5.91 Å². The number of rotatable bonds is 4. The molecule has 0 aromatic heterocycles. The Balaban J connectivity index is 1.76. The van der Waals surface area contributed by atoms with Crippen LogP contribution in [0, 0.1) is 15.9 Å². The van der Waals surface area contributed by atoms with Crippen LogP contribution >= 0.6 is 0 Å². The SMILES string of the molecule is C[C@H](NC(=O)c1ccc(F)c([N+](=O)[O-])c1)c1ccc2c(c1)CCCC2. The number of amides is 1. The van der Waals surface area contributed by atoms with Crippen LogP contribution in [0.1, 0.15) is 52.9 Å². The van der Waals surface area contributed by atoms with Crippen molar-refractivity contribution in [3.8, 4) is 0 Å². The van der Waals surface area contributed by atoms with Gasteiger partial charge in [-0.1, -0.05) is 18.2 Å². The molecule has 0 radical (unpaired) electrons. The average molecular weight is 342 g/mol. The zero-order valence-corrected chi connectivity index (χ0v) is 13.9. The summed E-state index contributed by atoms with van der Waals surface area (Å²) in [6.07, 6.45) is 4.53. The van der Waals surface area contributed by atoms with Gasteiger partial charge in [-0.3, -0.25) is 14.9 Å². The lowest BCUT2D eigenvalue weighted by Crippen LogP contribution is -2.27. The Morgan fingerprint density at radius 2 is 1.88 bits per heavy atom. The molecule has 1 N–H and O–H groups in total. The smallest absolute Gasteiger partial charge is 0.305 e. The number of carbonyl (C=O) groups excluding carboxylic acids is 1. The van der Waals surface area contributed by atoms with Crippen LogP contribution in [0.5, 0.6) is 0 Å². The van der Waals surface area contributed by atoms with Crippen LogP contribution in [0.4, 0.5) is 10.1 Å². The standard InChI is InChI=1S/C19H19FN2O3/c1-12(14-7-6-13-4-2-3-5-15(13)10-14)21-19(23)16-8-9-17(20)18(11-16)22(24)25/h6-12H,2-5H2,1H3,(H,21,23)/t12-/m0/s1. The highest BCUT2D eigenvalue weighted by Gasteiger charge is 2.19. The molecule has 0 saturated carbocycles. The number of hydrogen-bond acceptors (Lipinski definition) is 3. The molecule has 5 nitrogen and oxygen atoms in total. The lowest BCUT2D eigenvalue weighted by Gasteiger charge is -2.20. The van der Waals surface area contributed by atoms with E-state index < -0.39 is 22.3 Å². The van der Waals surface area contributed by atoms with Crippen molar-refractivity contribution in [1.29, 1.82) is 0 Å². The highest BCUT2D eigenvalue weighted by atomic mass is 19.1. The maximum atomic E-state index is 13.4. The largest absolute Gasteiger partial charge is 0.346 e. The molecule has 1 aliphatic rings. The van der Waals surface area contributed by atoms with Gasteiger partial charge >= 0.3 is 5.69 Å². The van der Waals surface area contributed by atoms with Crippen LogP contribution < -0.4 is 5.32 Å². The molecule has 130 valence electrons. The van der Waals surface area contributed by atoms with E-state index in [4.69, 9.17) is 0 Å². The molecule has 1 atom stereocenters. The van der Waals surface area contributed by atoms with Gasteiger partial charge < -0.3 is 5.32 Å². The lowest BCUT2D eigenvalue weighted by atomic mass is 9.89. The Bertz CT molecular complexity index is 835. The normalized spacial score (nSPS) is 14.5. The van der Waals surface area contributed by atoms with Gasteiger partial charge in [-0.25, -0.2) is 0 Å². The van der Waals surface area contributed by atoms with Crippen LogP contribution in [0.25, 0.3) is 0 Å². The molecular formula is C19H19FN2O3. The number of nitrogens with one attached hydrogen (secondary N) is 1. The Hall–Kier alpha value is -2.76. The maximum absolute atomic E-state index is 13.4. The predicted octanol–water partition coefficient (Wildman–Crippen LogP) is 4.10. The molecule has 1 aliphatic carbocycles. The number of hydrogen-bond donors (Lipinski definition) is 1. The fourth-order valence-corrected chi connectivity index (χ4v) is 3.18. The van der Waals surface area contributed by atoms with Crippen molar-refractivity contribution in [1.82, 2.24) is 5.32 Å². The fourth-order valence-electron chi connectivity index (χ4n) is 3.18. The Morgan fingerprint density at radius 1 is 1.16 bits per heavy atom. The highest BCUT2D eigenvalue weighted by molar-refractivity contribution is 5.95. The van der Waals surface area contributed by atoms with E-state index in [0.29, 0.717) is 0 Å². The third-order valence-electron chi connectivity index (χ3n) is 4.63. The predicted molar refractivity (Wildman–Crippen MR) is 92.0 cm³/mol. The number of nitro benzene ring substituents is 1. The molecule has 6 heteroatoms. The summed E-state index contributed by atoms with van der Waals surface area (Å²) in [6, 6.07) is 9.13. The highest BCUT2D eigenvalue weighted by Crippen LogP contribution is 2.25. The minimum Gasteiger partial charge on any atom is -0.346 e. The first-order chi connectivity index (χ1) is 12.0. The number of benzene rings is 2. The van der Waals surface area contributed by atoms with Gasteiger partial charge in [0.2, 0.25) is 5.82 Å².